The predicted molar refractivity (Wildman–Crippen MR) is 105 cm³/mol. The lowest BCUT2D eigenvalue weighted by molar-refractivity contribution is -0.151. The fourth-order valence-electron chi connectivity index (χ4n) is 5.32. The molecule has 0 spiro atoms. The van der Waals surface area contributed by atoms with Gasteiger partial charge >= 0.3 is 0 Å². The molecule has 1 heterocycles. The molecular weight excluding hydrogens is 354 g/mol. The third-order valence-corrected chi connectivity index (χ3v) is 8.09. The number of nitrogens with one attached hydrogen (secondary N) is 1. The molecule has 0 bridgehead atoms. The van der Waals surface area contributed by atoms with Crippen LogP contribution in [0.3, 0.4) is 0 Å². The lowest BCUT2D eigenvalue weighted by Crippen LogP contribution is -2.57. The highest BCUT2D eigenvalue weighted by atomic mass is 32.2. The van der Waals surface area contributed by atoms with E-state index in [-0.39, 0.29) is 29.8 Å². The van der Waals surface area contributed by atoms with Crippen LogP contribution in [0.1, 0.15) is 46.0 Å². The molecule has 0 aromatic heterocycles. The van der Waals surface area contributed by atoms with Crippen molar-refractivity contribution < 1.29 is 15.0 Å². The quantitative estimate of drug-likeness (QED) is 0.398. The Morgan fingerprint density at radius 2 is 2.16 bits per heavy atom. The Morgan fingerprint density at radius 3 is 2.76 bits per heavy atom. The molecule has 1 saturated heterocycles. The van der Waals surface area contributed by atoms with E-state index >= 15 is 0 Å². The summed E-state index contributed by atoms with van der Waals surface area (Å²) < 4.78 is 0.511. The van der Waals surface area contributed by atoms with Gasteiger partial charge in [0.1, 0.15) is 4.32 Å². The molecule has 0 radical (unpaired) electrons. The number of thiocarbonyl (C=S) groups is 1. The summed E-state index contributed by atoms with van der Waals surface area (Å²) >= 11 is 6.38. The monoisotopic (exact) mass is 381 g/mol. The summed E-state index contributed by atoms with van der Waals surface area (Å²) in [6.07, 6.45) is 5.76. The molecule has 3 aliphatic rings. The van der Waals surface area contributed by atoms with E-state index in [1.165, 1.54) is 17.3 Å². The molecule has 0 aromatic carbocycles. The van der Waals surface area contributed by atoms with Crippen LogP contribution in [0, 0.1) is 22.7 Å². The minimum Gasteiger partial charge on any atom is -0.396 e. The highest BCUT2D eigenvalue weighted by molar-refractivity contribution is 8.26. The van der Waals surface area contributed by atoms with Crippen molar-refractivity contribution >= 4 is 34.2 Å². The van der Waals surface area contributed by atoms with Crippen LogP contribution in [-0.2, 0) is 4.79 Å². The highest BCUT2D eigenvalue weighted by Gasteiger charge is 2.57. The zero-order valence-corrected chi connectivity index (χ0v) is 16.5. The van der Waals surface area contributed by atoms with E-state index in [0.29, 0.717) is 15.6 Å². The maximum Gasteiger partial charge on any atom is 0.263 e. The van der Waals surface area contributed by atoms with Crippen LogP contribution in [0.2, 0.25) is 0 Å². The first-order chi connectivity index (χ1) is 11.7. The van der Waals surface area contributed by atoms with E-state index in [2.05, 4.69) is 18.8 Å². The second-order valence-electron chi connectivity index (χ2n) is 8.17. The molecule has 1 amide bonds. The molecule has 0 unspecified atom stereocenters. The third kappa shape index (κ3) is 3.11. The van der Waals surface area contributed by atoms with Crippen molar-refractivity contribution in [1.82, 2.24) is 5.32 Å². The van der Waals surface area contributed by atoms with Gasteiger partial charge in [-0.2, -0.15) is 0 Å². The van der Waals surface area contributed by atoms with Crippen molar-refractivity contribution in [2.24, 2.45) is 22.7 Å². The van der Waals surface area contributed by atoms with Crippen LogP contribution in [0.4, 0.5) is 0 Å². The molecule has 3 N–H and O–H groups in total. The van der Waals surface area contributed by atoms with E-state index in [1.807, 2.05) is 13.0 Å². The molecule has 0 aromatic rings. The number of amides is 1. The topological polar surface area (TPSA) is 69.6 Å². The van der Waals surface area contributed by atoms with Crippen LogP contribution in [0.5, 0.6) is 0 Å². The number of carbonyl (C=O) groups excluding carboxylic acids is 1. The van der Waals surface area contributed by atoms with Gasteiger partial charge in [-0.1, -0.05) is 56.1 Å². The number of rotatable bonds is 3. The smallest absolute Gasteiger partial charge is 0.263 e. The maximum absolute atomic E-state index is 11.9. The summed E-state index contributed by atoms with van der Waals surface area (Å²) in [5, 5.41) is 23.2. The van der Waals surface area contributed by atoms with Crippen molar-refractivity contribution in [3.05, 3.63) is 23.1 Å². The van der Waals surface area contributed by atoms with Gasteiger partial charge in [-0.3, -0.25) is 4.79 Å². The van der Waals surface area contributed by atoms with Gasteiger partial charge in [0.15, 0.2) is 0 Å². The zero-order valence-electron chi connectivity index (χ0n) is 14.9. The molecule has 1 aliphatic heterocycles. The van der Waals surface area contributed by atoms with Gasteiger partial charge in [0.2, 0.25) is 0 Å². The molecule has 2 saturated carbocycles. The predicted octanol–water partition coefficient (Wildman–Crippen LogP) is 3.15. The van der Waals surface area contributed by atoms with E-state index in [1.54, 1.807) is 0 Å². The van der Waals surface area contributed by atoms with E-state index < -0.39 is 11.5 Å². The first kappa shape index (κ1) is 19.1. The fraction of sp³-hybridized carbons (Fsp3) is 0.684. The molecule has 2 aliphatic carbocycles. The Bertz CT molecular complexity index is 647. The SMILES string of the molecule is C=C1CC[C@@H]2[C@](C)(CO)[C@H](O)CC[C@@]2(C)[C@@H]1C/C=C1\SC(=S)NC1=O. The Labute approximate surface area is 159 Å². The molecule has 138 valence electrons. The van der Waals surface area contributed by atoms with Gasteiger partial charge in [-0.05, 0) is 49.4 Å². The fourth-order valence-corrected chi connectivity index (χ4v) is 6.35. The number of thioether (sulfide) groups is 1. The molecular formula is C19H27NO3S2. The van der Waals surface area contributed by atoms with Gasteiger partial charge in [0.25, 0.3) is 5.91 Å². The summed E-state index contributed by atoms with van der Waals surface area (Å²) in [6, 6.07) is 0. The Balaban J connectivity index is 1.88. The van der Waals surface area contributed by atoms with Gasteiger partial charge in [0, 0.05) is 5.41 Å². The van der Waals surface area contributed by atoms with Crippen LogP contribution in [0.15, 0.2) is 23.1 Å². The Hall–Kier alpha value is -0.690. The van der Waals surface area contributed by atoms with Crippen LogP contribution in [0.25, 0.3) is 0 Å². The standard InChI is InChI=1S/C19H27NO3S2/c1-11-4-7-14-18(2,9-8-15(22)19(14,3)10-21)12(11)5-6-13-16(23)20-17(24)25-13/h6,12,14-15,21-22H,1,4-5,7-10H2,2-3H3,(H,20,23,24)/b13-6-/t12-,14+,15-,18+,19+/m1/s1. The average Bonchev–Trinajstić information content (AvgIpc) is 2.88. The average molecular weight is 382 g/mol. The summed E-state index contributed by atoms with van der Waals surface area (Å²) in [4.78, 5) is 12.6. The number of carbonyl (C=O) groups is 1. The minimum atomic E-state index is -0.472. The lowest BCUT2D eigenvalue weighted by Gasteiger charge is -2.59. The summed E-state index contributed by atoms with van der Waals surface area (Å²) in [6.45, 7) is 8.61. The molecule has 5 atom stereocenters. The van der Waals surface area contributed by atoms with Crippen LogP contribution in [-0.4, -0.2) is 33.2 Å². The summed E-state index contributed by atoms with van der Waals surface area (Å²) in [5.74, 6) is 0.380. The van der Waals surface area contributed by atoms with Crippen LogP contribution >= 0.6 is 24.0 Å². The van der Waals surface area contributed by atoms with Gasteiger partial charge in [0.05, 0.1) is 17.6 Å². The zero-order chi connectivity index (χ0) is 18.4. The summed E-state index contributed by atoms with van der Waals surface area (Å²) in [5.41, 5.74) is 0.724. The van der Waals surface area contributed by atoms with E-state index in [0.717, 1.165) is 25.7 Å². The van der Waals surface area contributed by atoms with Crippen molar-refractivity contribution in [2.75, 3.05) is 6.61 Å². The minimum absolute atomic E-state index is 0.00123. The number of aliphatic hydroxyl groups is 2. The number of hydrogen-bond acceptors (Lipinski definition) is 5. The first-order valence-electron chi connectivity index (χ1n) is 8.92. The molecule has 4 nitrogen and oxygen atoms in total. The number of allylic oxidation sites excluding steroid dienone is 2. The third-order valence-electron chi connectivity index (χ3n) is 6.87. The molecule has 3 rings (SSSR count). The first-order valence-corrected chi connectivity index (χ1v) is 10.1. The number of fused-ring (bicyclic) bond motifs is 1. The number of hydrogen-bond donors (Lipinski definition) is 3. The van der Waals surface area contributed by atoms with Crippen molar-refractivity contribution in [3.63, 3.8) is 0 Å². The van der Waals surface area contributed by atoms with Crippen molar-refractivity contribution in [2.45, 2.75) is 52.1 Å². The van der Waals surface area contributed by atoms with Gasteiger partial charge in [-0.15, -0.1) is 0 Å². The highest BCUT2D eigenvalue weighted by Crippen LogP contribution is 2.61. The van der Waals surface area contributed by atoms with Gasteiger partial charge in [-0.25, -0.2) is 0 Å². The lowest BCUT2D eigenvalue weighted by atomic mass is 9.46. The number of aliphatic hydroxyl groups excluding tert-OH is 2. The molecule has 3 fully saturated rings. The normalized spacial score (nSPS) is 43.3. The molecule has 6 heteroatoms. The second-order valence-corrected chi connectivity index (χ2v) is 9.89. The van der Waals surface area contributed by atoms with E-state index in [9.17, 15) is 15.0 Å². The van der Waals surface area contributed by atoms with E-state index in [4.69, 9.17) is 12.2 Å². The Kier molecular flexibility index (Phi) is 5.19. The molecule has 25 heavy (non-hydrogen) atoms. The van der Waals surface area contributed by atoms with Crippen molar-refractivity contribution in [1.29, 1.82) is 0 Å². The van der Waals surface area contributed by atoms with Crippen LogP contribution < -0.4 is 5.32 Å². The largest absolute Gasteiger partial charge is 0.396 e. The van der Waals surface area contributed by atoms with Crippen molar-refractivity contribution in [3.8, 4) is 0 Å². The Morgan fingerprint density at radius 1 is 1.44 bits per heavy atom. The second kappa shape index (κ2) is 6.80. The van der Waals surface area contributed by atoms with Gasteiger partial charge < -0.3 is 15.5 Å². The maximum atomic E-state index is 11.9. The summed E-state index contributed by atoms with van der Waals surface area (Å²) in [7, 11) is 0.